The molecule has 18 heavy (non-hydrogen) atoms. The Kier molecular flexibility index (Phi) is 4.93. The number of halogens is 1. The van der Waals surface area contributed by atoms with Crippen molar-refractivity contribution >= 4 is 21.6 Å². The van der Waals surface area contributed by atoms with Crippen LogP contribution in [-0.2, 0) is 0 Å². The predicted octanol–water partition coefficient (Wildman–Crippen LogP) is 4.84. The molecule has 1 aliphatic rings. The molecule has 2 nitrogen and oxygen atoms in total. The Morgan fingerprint density at radius 2 is 2.00 bits per heavy atom. The standard InChI is InChI=1S/C15H22BrNO/c1-11(12-6-4-3-5-7-12)17-13-8-9-14(16)15(10-13)18-2/h8-12,17H,3-7H2,1-2H3. The van der Waals surface area contributed by atoms with Crippen LogP contribution < -0.4 is 10.1 Å². The van der Waals surface area contributed by atoms with E-state index in [-0.39, 0.29) is 0 Å². The Morgan fingerprint density at radius 3 is 2.67 bits per heavy atom. The molecule has 1 saturated carbocycles. The normalized spacial score (nSPS) is 18.4. The molecule has 0 saturated heterocycles. The summed E-state index contributed by atoms with van der Waals surface area (Å²) in [5.41, 5.74) is 1.15. The minimum absolute atomic E-state index is 0.538. The average Bonchev–Trinajstić information content (AvgIpc) is 2.42. The Morgan fingerprint density at radius 1 is 1.28 bits per heavy atom. The largest absolute Gasteiger partial charge is 0.495 e. The van der Waals surface area contributed by atoms with Crippen LogP contribution in [0.1, 0.15) is 39.0 Å². The van der Waals surface area contributed by atoms with Gasteiger partial charge in [-0.1, -0.05) is 19.3 Å². The lowest BCUT2D eigenvalue weighted by Crippen LogP contribution is -2.27. The molecular formula is C15H22BrNO. The lowest BCUT2D eigenvalue weighted by Gasteiger charge is -2.29. The molecule has 1 unspecified atom stereocenters. The summed E-state index contributed by atoms with van der Waals surface area (Å²) in [7, 11) is 1.70. The zero-order chi connectivity index (χ0) is 13.0. The highest BCUT2D eigenvalue weighted by Gasteiger charge is 2.19. The van der Waals surface area contributed by atoms with Crippen molar-refractivity contribution in [1.82, 2.24) is 0 Å². The van der Waals surface area contributed by atoms with E-state index in [0.29, 0.717) is 6.04 Å². The first-order valence-corrected chi connectivity index (χ1v) is 7.60. The van der Waals surface area contributed by atoms with Gasteiger partial charge in [-0.3, -0.25) is 0 Å². The summed E-state index contributed by atoms with van der Waals surface area (Å²) < 4.78 is 6.33. The van der Waals surface area contributed by atoms with Crippen LogP contribution in [0.2, 0.25) is 0 Å². The number of hydrogen-bond donors (Lipinski definition) is 1. The summed E-state index contributed by atoms with van der Waals surface area (Å²) in [4.78, 5) is 0. The van der Waals surface area contributed by atoms with E-state index in [2.05, 4.69) is 40.3 Å². The maximum Gasteiger partial charge on any atom is 0.135 e. The van der Waals surface area contributed by atoms with Crippen LogP contribution in [0.4, 0.5) is 5.69 Å². The first-order chi connectivity index (χ1) is 8.70. The number of nitrogens with one attached hydrogen (secondary N) is 1. The fourth-order valence-electron chi connectivity index (χ4n) is 2.76. The van der Waals surface area contributed by atoms with Crippen LogP contribution in [0.15, 0.2) is 22.7 Å². The lowest BCUT2D eigenvalue weighted by molar-refractivity contribution is 0.328. The van der Waals surface area contributed by atoms with E-state index in [4.69, 9.17) is 4.74 Å². The van der Waals surface area contributed by atoms with Gasteiger partial charge in [0.05, 0.1) is 11.6 Å². The fourth-order valence-corrected chi connectivity index (χ4v) is 3.17. The summed E-state index contributed by atoms with van der Waals surface area (Å²) in [6, 6.07) is 6.74. The zero-order valence-electron chi connectivity index (χ0n) is 11.2. The van der Waals surface area contributed by atoms with Crippen LogP contribution in [0.5, 0.6) is 5.75 Å². The van der Waals surface area contributed by atoms with Crippen LogP contribution >= 0.6 is 15.9 Å². The molecule has 0 spiro atoms. The molecule has 1 aromatic carbocycles. The second-order valence-electron chi connectivity index (χ2n) is 5.18. The first-order valence-electron chi connectivity index (χ1n) is 6.81. The molecule has 1 atom stereocenters. The highest BCUT2D eigenvalue weighted by atomic mass is 79.9. The smallest absolute Gasteiger partial charge is 0.135 e. The number of benzene rings is 1. The molecule has 0 bridgehead atoms. The van der Waals surface area contributed by atoms with Gasteiger partial charge in [0.15, 0.2) is 0 Å². The zero-order valence-corrected chi connectivity index (χ0v) is 12.8. The molecule has 0 aliphatic heterocycles. The van der Waals surface area contributed by atoms with E-state index in [1.165, 1.54) is 32.1 Å². The molecule has 1 aromatic rings. The highest BCUT2D eigenvalue weighted by Crippen LogP contribution is 2.31. The van der Waals surface area contributed by atoms with Crippen LogP contribution in [-0.4, -0.2) is 13.2 Å². The molecule has 1 fully saturated rings. The summed E-state index contributed by atoms with van der Waals surface area (Å²) in [5, 5.41) is 3.61. The van der Waals surface area contributed by atoms with Crippen molar-refractivity contribution in [3.05, 3.63) is 22.7 Å². The molecule has 2 rings (SSSR count). The van der Waals surface area contributed by atoms with E-state index < -0.39 is 0 Å². The maximum atomic E-state index is 5.33. The number of anilines is 1. The number of ether oxygens (including phenoxy) is 1. The summed E-state index contributed by atoms with van der Waals surface area (Å²) >= 11 is 3.48. The van der Waals surface area contributed by atoms with Crippen LogP contribution in [0.25, 0.3) is 0 Å². The second-order valence-corrected chi connectivity index (χ2v) is 6.03. The van der Waals surface area contributed by atoms with E-state index in [0.717, 1.165) is 21.8 Å². The van der Waals surface area contributed by atoms with Gasteiger partial charge in [-0.15, -0.1) is 0 Å². The molecule has 1 N–H and O–H groups in total. The fraction of sp³-hybridized carbons (Fsp3) is 0.600. The molecular weight excluding hydrogens is 290 g/mol. The van der Waals surface area contributed by atoms with Gasteiger partial charge in [-0.05, 0) is 53.7 Å². The topological polar surface area (TPSA) is 21.3 Å². The Balaban J connectivity index is 1.99. The van der Waals surface area contributed by atoms with Gasteiger partial charge >= 0.3 is 0 Å². The van der Waals surface area contributed by atoms with Gasteiger partial charge in [-0.2, -0.15) is 0 Å². The van der Waals surface area contributed by atoms with Gasteiger partial charge in [0, 0.05) is 17.8 Å². The monoisotopic (exact) mass is 311 g/mol. The third-order valence-corrected chi connectivity index (χ3v) is 4.56. The van der Waals surface area contributed by atoms with E-state index >= 15 is 0 Å². The van der Waals surface area contributed by atoms with Crippen LogP contribution in [0, 0.1) is 5.92 Å². The van der Waals surface area contributed by atoms with Crippen molar-refractivity contribution in [3.8, 4) is 5.75 Å². The minimum Gasteiger partial charge on any atom is -0.495 e. The van der Waals surface area contributed by atoms with Gasteiger partial charge < -0.3 is 10.1 Å². The van der Waals surface area contributed by atoms with Gasteiger partial charge in [0.1, 0.15) is 5.75 Å². The van der Waals surface area contributed by atoms with Crippen molar-refractivity contribution in [1.29, 1.82) is 0 Å². The molecule has 0 amide bonds. The first kappa shape index (κ1) is 13.7. The molecule has 100 valence electrons. The van der Waals surface area contributed by atoms with Crippen molar-refractivity contribution < 1.29 is 4.74 Å². The van der Waals surface area contributed by atoms with Crippen molar-refractivity contribution in [2.24, 2.45) is 5.92 Å². The van der Waals surface area contributed by atoms with Crippen molar-refractivity contribution in [2.45, 2.75) is 45.1 Å². The molecule has 0 radical (unpaired) electrons. The molecule has 1 aliphatic carbocycles. The Labute approximate surface area is 118 Å². The number of methoxy groups -OCH3 is 1. The molecule has 3 heteroatoms. The number of hydrogen-bond acceptors (Lipinski definition) is 2. The SMILES string of the molecule is COc1cc(NC(C)C2CCCCC2)ccc1Br. The third kappa shape index (κ3) is 3.41. The van der Waals surface area contributed by atoms with Gasteiger partial charge in [-0.25, -0.2) is 0 Å². The quantitative estimate of drug-likeness (QED) is 0.859. The number of rotatable bonds is 4. The predicted molar refractivity (Wildman–Crippen MR) is 80.4 cm³/mol. The van der Waals surface area contributed by atoms with E-state index in [9.17, 15) is 0 Å². The summed E-state index contributed by atoms with van der Waals surface area (Å²) in [5.74, 6) is 1.70. The maximum absolute atomic E-state index is 5.33. The Hall–Kier alpha value is -0.700. The summed E-state index contributed by atoms with van der Waals surface area (Å²) in [6.45, 7) is 2.30. The Bertz CT molecular complexity index is 388. The van der Waals surface area contributed by atoms with Gasteiger partial charge in [0.25, 0.3) is 0 Å². The minimum atomic E-state index is 0.538. The average molecular weight is 312 g/mol. The molecule has 0 heterocycles. The highest BCUT2D eigenvalue weighted by molar-refractivity contribution is 9.10. The lowest BCUT2D eigenvalue weighted by atomic mass is 9.84. The van der Waals surface area contributed by atoms with E-state index in [1.54, 1.807) is 7.11 Å². The van der Waals surface area contributed by atoms with Crippen molar-refractivity contribution in [2.75, 3.05) is 12.4 Å². The molecule has 0 aromatic heterocycles. The van der Waals surface area contributed by atoms with E-state index in [1.807, 2.05) is 6.07 Å². The second kappa shape index (κ2) is 6.46. The van der Waals surface area contributed by atoms with Crippen LogP contribution in [0.3, 0.4) is 0 Å². The third-order valence-electron chi connectivity index (χ3n) is 3.90. The van der Waals surface area contributed by atoms with Crippen molar-refractivity contribution in [3.63, 3.8) is 0 Å². The van der Waals surface area contributed by atoms with Gasteiger partial charge in [0.2, 0.25) is 0 Å². The summed E-state index contributed by atoms with van der Waals surface area (Å²) in [6.07, 6.45) is 6.92.